The van der Waals surface area contributed by atoms with Crippen LogP contribution >= 0.6 is 11.3 Å². The zero-order chi connectivity index (χ0) is 23.5. The Morgan fingerprint density at radius 1 is 0.941 bits per heavy atom. The van der Waals surface area contributed by atoms with Gasteiger partial charge in [-0.2, -0.15) is 4.31 Å². The molecule has 3 aromatic carbocycles. The van der Waals surface area contributed by atoms with E-state index in [4.69, 9.17) is 0 Å². The van der Waals surface area contributed by atoms with Crippen LogP contribution in [0.3, 0.4) is 0 Å². The van der Waals surface area contributed by atoms with Gasteiger partial charge in [0.2, 0.25) is 15.9 Å². The van der Waals surface area contributed by atoms with Crippen LogP contribution in [0.5, 0.6) is 0 Å². The molecule has 1 amide bonds. The quantitative estimate of drug-likeness (QED) is 0.415. The second-order valence-corrected chi connectivity index (χ2v) is 11.5. The van der Waals surface area contributed by atoms with Crippen LogP contribution in [0.2, 0.25) is 0 Å². The lowest BCUT2D eigenvalue weighted by Crippen LogP contribution is -2.41. The van der Waals surface area contributed by atoms with Gasteiger partial charge in [0.1, 0.15) is 0 Å². The fourth-order valence-electron chi connectivity index (χ4n) is 4.22. The number of fused-ring (bicyclic) bond motifs is 1. The monoisotopic (exact) mass is 491 g/mol. The number of nitrogens with zero attached hydrogens (tertiary/aromatic N) is 2. The highest BCUT2D eigenvalue weighted by molar-refractivity contribution is 7.89. The second kappa shape index (κ2) is 9.66. The molecule has 0 atom stereocenters. The van der Waals surface area contributed by atoms with E-state index in [9.17, 15) is 13.2 Å². The number of piperidine rings is 1. The number of nitrogens with one attached hydrogen (secondary N) is 1. The summed E-state index contributed by atoms with van der Waals surface area (Å²) >= 11 is 1.70. The molecule has 1 aliphatic rings. The minimum Gasteiger partial charge on any atom is -0.326 e. The molecule has 174 valence electrons. The topological polar surface area (TPSA) is 79.4 Å². The Morgan fingerprint density at radius 2 is 1.62 bits per heavy atom. The summed E-state index contributed by atoms with van der Waals surface area (Å²) < 4.78 is 28.2. The Bertz CT molecular complexity index is 1360. The highest BCUT2D eigenvalue weighted by Crippen LogP contribution is 2.26. The zero-order valence-corrected chi connectivity index (χ0v) is 20.2. The Labute approximate surface area is 203 Å². The maximum absolute atomic E-state index is 12.8. The molecule has 0 saturated carbocycles. The molecule has 2 heterocycles. The van der Waals surface area contributed by atoms with Gasteiger partial charge >= 0.3 is 0 Å². The minimum atomic E-state index is -3.51. The van der Waals surface area contributed by atoms with Crippen LogP contribution in [0.25, 0.3) is 10.2 Å². The van der Waals surface area contributed by atoms with E-state index in [1.54, 1.807) is 41.7 Å². The van der Waals surface area contributed by atoms with Crippen molar-refractivity contribution in [2.24, 2.45) is 5.92 Å². The molecule has 1 aliphatic heterocycles. The van der Waals surface area contributed by atoms with Gasteiger partial charge in [0.15, 0.2) is 0 Å². The van der Waals surface area contributed by atoms with Crippen LogP contribution in [-0.4, -0.2) is 36.7 Å². The molecule has 6 nitrogen and oxygen atoms in total. The van der Waals surface area contributed by atoms with E-state index in [1.807, 2.05) is 42.5 Å². The van der Waals surface area contributed by atoms with E-state index in [0.29, 0.717) is 30.8 Å². The van der Waals surface area contributed by atoms with Crippen molar-refractivity contribution in [3.8, 4) is 0 Å². The van der Waals surface area contributed by atoms with E-state index >= 15 is 0 Å². The summed E-state index contributed by atoms with van der Waals surface area (Å²) in [5.74, 6) is -0.264. The highest BCUT2D eigenvalue weighted by atomic mass is 32.2. The van der Waals surface area contributed by atoms with Crippen LogP contribution in [0.1, 0.15) is 23.4 Å². The first-order valence-corrected chi connectivity index (χ1v) is 13.5. The number of para-hydroxylation sites is 1. The van der Waals surface area contributed by atoms with Crippen molar-refractivity contribution in [3.05, 3.63) is 89.4 Å². The van der Waals surface area contributed by atoms with E-state index in [-0.39, 0.29) is 11.8 Å². The van der Waals surface area contributed by atoms with Gasteiger partial charge in [-0.05, 0) is 54.8 Å². The smallest absolute Gasteiger partial charge is 0.243 e. The Balaban J connectivity index is 1.16. The average Bonchev–Trinajstić information content (AvgIpc) is 3.28. The summed E-state index contributed by atoms with van der Waals surface area (Å²) in [6, 6.07) is 24.4. The van der Waals surface area contributed by atoms with E-state index in [1.165, 1.54) is 9.01 Å². The van der Waals surface area contributed by atoms with Crippen molar-refractivity contribution >= 4 is 43.2 Å². The maximum atomic E-state index is 12.8. The number of anilines is 1. The Hall–Kier alpha value is -3.07. The number of benzene rings is 3. The summed E-state index contributed by atoms with van der Waals surface area (Å²) in [4.78, 5) is 17.8. The summed E-state index contributed by atoms with van der Waals surface area (Å²) in [7, 11) is -3.51. The summed E-state index contributed by atoms with van der Waals surface area (Å²) in [6.45, 7) is 0.687. The van der Waals surface area contributed by atoms with Gasteiger partial charge in [-0.1, -0.05) is 42.5 Å². The third-order valence-electron chi connectivity index (χ3n) is 6.12. The molecule has 1 aromatic heterocycles. The first-order valence-electron chi connectivity index (χ1n) is 11.3. The van der Waals surface area contributed by atoms with Crippen LogP contribution < -0.4 is 5.32 Å². The lowest BCUT2D eigenvalue weighted by Gasteiger charge is -2.30. The SMILES string of the molecule is O=C(Nc1ccc(Cc2nc3ccccc3s2)cc1)C1CCN(S(=O)(=O)c2ccccc2)CC1. The highest BCUT2D eigenvalue weighted by Gasteiger charge is 2.32. The maximum Gasteiger partial charge on any atom is 0.243 e. The van der Waals surface area contributed by atoms with Crippen LogP contribution in [0.15, 0.2) is 83.8 Å². The third kappa shape index (κ3) is 4.89. The van der Waals surface area contributed by atoms with E-state index < -0.39 is 10.0 Å². The number of carbonyl (C=O) groups excluding carboxylic acids is 1. The van der Waals surface area contributed by atoms with Crippen molar-refractivity contribution < 1.29 is 13.2 Å². The first kappa shape index (κ1) is 22.7. The van der Waals surface area contributed by atoms with Gasteiger partial charge in [-0.15, -0.1) is 11.3 Å². The normalized spacial score (nSPS) is 15.4. The third-order valence-corrected chi connectivity index (χ3v) is 9.07. The summed E-state index contributed by atoms with van der Waals surface area (Å²) in [5, 5.41) is 4.05. The molecule has 1 saturated heterocycles. The van der Waals surface area contributed by atoms with Crippen LogP contribution in [-0.2, 0) is 21.2 Å². The number of amides is 1. The van der Waals surface area contributed by atoms with Crippen LogP contribution in [0.4, 0.5) is 5.69 Å². The molecule has 1 fully saturated rings. The van der Waals surface area contributed by atoms with Crippen LogP contribution in [0, 0.1) is 5.92 Å². The largest absolute Gasteiger partial charge is 0.326 e. The fraction of sp³-hybridized carbons (Fsp3) is 0.231. The lowest BCUT2D eigenvalue weighted by atomic mass is 9.97. The van der Waals surface area contributed by atoms with Gasteiger partial charge in [0, 0.05) is 31.1 Å². The first-order chi connectivity index (χ1) is 16.5. The predicted molar refractivity (Wildman–Crippen MR) is 135 cm³/mol. The number of sulfonamides is 1. The molecular formula is C26H25N3O3S2. The predicted octanol–water partition coefficient (Wildman–Crippen LogP) is 4.93. The van der Waals surface area contributed by atoms with Gasteiger partial charge < -0.3 is 5.32 Å². The Kier molecular flexibility index (Phi) is 6.45. The molecule has 0 aliphatic carbocycles. The van der Waals surface area contributed by atoms with Crippen molar-refractivity contribution in [3.63, 3.8) is 0 Å². The molecule has 0 bridgehead atoms. The molecular weight excluding hydrogens is 466 g/mol. The summed E-state index contributed by atoms with van der Waals surface area (Å²) in [5.41, 5.74) is 2.91. The molecule has 4 aromatic rings. The van der Waals surface area contributed by atoms with Gasteiger partial charge in [-0.3, -0.25) is 4.79 Å². The van der Waals surface area contributed by atoms with E-state index in [0.717, 1.165) is 28.2 Å². The number of aromatic nitrogens is 1. The molecule has 0 unspecified atom stereocenters. The Morgan fingerprint density at radius 3 is 2.32 bits per heavy atom. The number of rotatable bonds is 6. The van der Waals surface area contributed by atoms with Gasteiger partial charge in [0.25, 0.3) is 0 Å². The molecule has 34 heavy (non-hydrogen) atoms. The van der Waals surface area contributed by atoms with Crippen molar-refractivity contribution in [2.45, 2.75) is 24.2 Å². The molecule has 8 heteroatoms. The second-order valence-electron chi connectivity index (χ2n) is 8.43. The number of hydrogen-bond donors (Lipinski definition) is 1. The van der Waals surface area contributed by atoms with E-state index in [2.05, 4.69) is 16.4 Å². The van der Waals surface area contributed by atoms with Gasteiger partial charge in [-0.25, -0.2) is 13.4 Å². The lowest BCUT2D eigenvalue weighted by molar-refractivity contribution is -0.120. The van der Waals surface area contributed by atoms with Crippen molar-refractivity contribution in [1.82, 2.24) is 9.29 Å². The summed E-state index contributed by atoms with van der Waals surface area (Å²) in [6.07, 6.45) is 1.77. The average molecular weight is 492 g/mol. The van der Waals surface area contributed by atoms with Crippen molar-refractivity contribution in [2.75, 3.05) is 18.4 Å². The molecule has 0 spiro atoms. The molecule has 0 radical (unpaired) electrons. The number of carbonyl (C=O) groups is 1. The molecule has 5 rings (SSSR count). The number of hydrogen-bond acceptors (Lipinski definition) is 5. The number of thiazole rings is 1. The minimum absolute atomic E-state index is 0.0596. The molecule has 1 N–H and O–H groups in total. The standard InChI is InChI=1S/C26H25N3O3S2/c30-26(20-14-16-29(17-15-20)34(31,32)22-6-2-1-3-7-22)27-21-12-10-19(11-13-21)18-25-28-23-8-4-5-9-24(23)33-25/h1-13,20H,14-18H2,(H,27,30). The fourth-order valence-corrected chi connectivity index (χ4v) is 6.71. The zero-order valence-electron chi connectivity index (χ0n) is 18.6. The van der Waals surface area contributed by atoms with Gasteiger partial charge in [0.05, 0.1) is 20.1 Å². The van der Waals surface area contributed by atoms with Crippen molar-refractivity contribution in [1.29, 1.82) is 0 Å².